The maximum atomic E-state index is 11.2. The molecule has 2 rings (SSSR count). The highest BCUT2D eigenvalue weighted by Gasteiger charge is 2.19. The van der Waals surface area contributed by atoms with E-state index >= 15 is 0 Å². The highest BCUT2D eigenvalue weighted by molar-refractivity contribution is 7.86. The van der Waals surface area contributed by atoms with Gasteiger partial charge in [0.1, 0.15) is 10.6 Å². The van der Waals surface area contributed by atoms with Gasteiger partial charge in [0, 0.05) is 16.8 Å². The Labute approximate surface area is 91.9 Å². The van der Waals surface area contributed by atoms with E-state index in [1.165, 1.54) is 6.07 Å². The van der Waals surface area contributed by atoms with Gasteiger partial charge in [0.25, 0.3) is 10.1 Å². The third-order valence-corrected chi connectivity index (χ3v) is 3.23. The van der Waals surface area contributed by atoms with Crippen LogP contribution in [0.1, 0.15) is 0 Å². The molecule has 84 valence electrons. The van der Waals surface area contributed by atoms with Crippen LogP contribution in [0, 0.1) is 0 Å². The van der Waals surface area contributed by atoms with Crippen molar-refractivity contribution < 1.29 is 18.1 Å². The van der Waals surface area contributed by atoms with E-state index in [4.69, 9.17) is 10.3 Å². The highest BCUT2D eigenvalue weighted by atomic mass is 32.2. The summed E-state index contributed by atoms with van der Waals surface area (Å²) in [4.78, 5) is -0.374. The molecule has 0 aromatic heterocycles. The smallest absolute Gasteiger partial charge is 0.297 e. The monoisotopic (exact) mass is 239 g/mol. The molecule has 0 aliphatic heterocycles. The molecule has 0 unspecified atom stereocenters. The topological polar surface area (TPSA) is 101 Å². The molecule has 0 aliphatic rings. The van der Waals surface area contributed by atoms with Gasteiger partial charge in [-0.05, 0) is 0 Å². The molecule has 0 saturated carbocycles. The van der Waals surface area contributed by atoms with Crippen molar-refractivity contribution in [1.29, 1.82) is 0 Å². The fourth-order valence-corrected chi connectivity index (χ4v) is 2.45. The van der Waals surface area contributed by atoms with Gasteiger partial charge in [0.2, 0.25) is 0 Å². The molecule has 0 spiro atoms. The van der Waals surface area contributed by atoms with E-state index in [0.717, 1.165) is 6.07 Å². The summed E-state index contributed by atoms with van der Waals surface area (Å²) < 4.78 is 31.4. The van der Waals surface area contributed by atoms with Crippen molar-refractivity contribution in [2.75, 3.05) is 5.73 Å². The van der Waals surface area contributed by atoms with Crippen LogP contribution in [0.3, 0.4) is 0 Å². The summed E-state index contributed by atoms with van der Waals surface area (Å²) in [7, 11) is -4.41. The molecule has 2 aromatic carbocycles. The first-order valence-corrected chi connectivity index (χ1v) is 5.83. The summed E-state index contributed by atoms with van der Waals surface area (Å²) in [6.07, 6.45) is 0. The third-order valence-electron chi connectivity index (χ3n) is 2.26. The van der Waals surface area contributed by atoms with Crippen molar-refractivity contribution in [3.05, 3.63) is 30.3 Å². The molecule has 0 fully saturated rings. The molecule has 0 amide bonds. The van der Waals surface area contributed by atoms with Crippen LogP contribution in [-0.2, 0) is 10.1 Å². The van der Waals surface area contributed by atoms with Crippen LogP contribution in [0.5, 0.6) is 5.75 Å². The zero-order valence-corrected chi connectivity index (χ0v) is 8.90. The summed E-state index contributed by atoms with van der Waals surface area (Å²) in [5.41, 5.74) is 5.29. The van der Waals surface area contributed by atoms with Crippen LogP contribution in [0.15, 0.2) is 35.2 Å². The molecule has 0 saturated heterocycles. The van der Waals surface area contributed by atoms with Gasteiger partial charge < -0.3 is 10.8 Å². The van der Waals surface area contributed by atoms with Crippen LogP contribution in [0.2, 0.25) is 0 Å². The molecule has 4 N–H and O–H groups in total. The van der Waals surface area contributed by atoms with Crippen molar-refractivity contribution in [1.82, 2.24) is 0 Å². The minimum Gasteiger partial charge on any atom is -0.507 e. The Kier molecular flexibility index (Phi) is 2.25. The third kappa shape index (κ3) is 1.58. The lowest BCUT2D eigenvalue weighted by molar-refractivity contribution is 0.480. The number of nitrogens with two attached hydrogens (primary N) is 1. The Morgan fingerprint density at radius 1 is 1.12 bits per heavy atom. The second-order valence-corrected chi connectivity index (χ2v) is 4.69. The number of benzene rings is 2. The average molecular weight is 239 g/mol. The molecule has 0 atom stereocenters. The van der Waals surface area contributed by atoms with Gasteiger partial charge in [-0.15, -0.1) is 0 Å². The highest BCUT2D eigenvalue weighted by Crippen LogP contribution is 2.34. The molecule has 2 aromatic rings. The lowest BCUT2D eigenvalue weighted by atomic mass is 10.1. The molecule has 16 heavy (non-hydrogen) atoms. The number of hydrogen-bond acceptors (Lipinski definition) is 4. The second kappa shape index (κ2) is 3.36. The Morgan fingerprint density at radius 2 is 1.69 bits per heavy atom. The number of rotatable bonds is 1. The van der Waals surface area contributed by atoms with Crippen LogP contribution >= 0.6 is 0 Å². The average Bonchev–Trinajstić information content (AvgIpc) is 2.15. The van der Waals surface area contributed by atoms with E-state index in [9.17, 15) is 13.5 Å². The van der Waals surface area contributed by atoms with Crippen molar-refractivity contribution in [2.45, 2.75) is 4.90 Å². The van der Waals surface area contributed by atoms with Crippen LogP contribution < -0.4 is 5.73 Å². The molecular formula is C10H9NO4S. The number of anilines is 1. The number of phenols is 1. The first kappa shape index (κ1) is 10.7. The van der Waals surface area contributed by atoms with Gasteiger partial charge in [-0.2, -0.15) is 8.42 Å². The zero-order valence-electron chi connectivity index (χ0n) is 8.08. The Bertz CT molecular complexity index is 664. The van der Waals surface area contributed by atoms with E-state index in [2.05, 4.69) is 0 Å². The van der Waals surface area contributed by atoms with E-state index < -0.39 is 10.1 Å². The molecule has 0 bridgehead atoms. The first-order chi connectivity index (χ1) is 7.41. The van der Waals surface area contributed by atoms with Crippen molar-refractivity contribution in [3.8, 4) is 5.75 Å². The fourth-order valence-electron chi connectivity index (χ4n) is 1.64. The summed E-state index contributed by atoms with van der Waals surface area (Å²) >= 11 is 0. The molecular weight excluding hydrogens is 230 g/mol. The minimum absolute atomic E-state index is 0.125. The zero-order chi connectivity index (χ0) is 11.9. The van der Waals surface area contributed by atoms with Gasteiger partial charge in [-0.1, -0.05) is 24.3 Å². The number of nitrogen functional groups attached to an aromatic ring is 1. The summed E-state index contributed by atoms with van der Waals surface area (Å²) in [5.74, 6) is -0.125. The van der Waals surface area contributed by atoms with Gasteiger partial charge in [0.05, 0.1) is 5.69 Å². The normalized spacial score (nSPS) is 11.8. The fraction of sp³-hybridized carbons (Fsp3) is 0. The Balaban J connectivity index is 3.05. The Hall–Kier alpha value is -1.79. The molecule has 0 radical (unpaired) electrons. The van der Waals surface area contributed by atoms with Gasteiger partial charge in [-0.3, -0.25) is 4.55 Å². The number of aromatic hydroxyl groups is 1. The number of phenolic OH excluding ortho intramolecular Hbond substituents is 1. The standard InChI is InChI=1S/C10H9NO4S/c11-8-5-9(12)6-3-1-2-4-7(6)10(8)16(13,14)15/h1-5,12H,11H2,(H,13,14,15). The van der Waals surface area contributed by atoms with E-state index in [1.807, 2.05) is 0 Å². The van der Waals surface area contributed by atoms with Crippen LogP contribution in [0.4, 0.5) is 5.69 Å². The molecule has 6 heteroatoms. The number of fused-ring (bicyclic) bond motifs is 1. The van der Waals surface area contributed by atoms with E-state index in [0.29, 0.717) is 5.39 Å². The maximum Gasteiger partial charge on any atom is 0.297 e. The van der Waals surface area contributed by atoms with Crippen molar-refractivity contribution in [3.63, 3.8) is 0 Å². The lowest BCUT2D eigenvalue weighted by Gasteiger charge is -2.08. The predicted octanol–water partition coefficient (Wildman–Crippen LogP) is 1.37. The van der Waals surface area contributed by atoms with E-state index in [1.54, 1.807) is 18.2 Å². The minimum atomic E-state index is -4.41. The largest absolute Gasteiger partial charge is 0.507 e. The van der Waals surface area contributed by atoms with Crippen molar-refractivity contribution in [2.24, 2.45) is 0 Å². The van der Waals surface area contributed by atoms with Crippen LogP contribution in [0.25, 0.3) is 10.8 Å². The SMILES string of the molecule is Nc1cc(O)c2ccccc2c1S(=O)(=O)O. The van der Waals surface area contributed by atoms with Crippen LogP contribution in [-0.4, -0.2) is 18.1 Å². The quantitative estimate of drug-likeness (QED) is 0.515. The maximum absolute atomic E-state index is 11.2. The summed E-state index contributed by atoms with van der Waals surface area (Å²) in [6, 6.07) is 7.35. The Morgan fingerprint density at radius 3 is 2.25 bits per heavy atom. The first-order valence-electron chi connectivity index (χ1n) is 4.39. The van der Waals surface area contributed by atoms with Gasteiger partial charge >= 0.3 is 0 Å². The van der Waals surface area contributed by atoms with E-state index in [-0.39, 0.29) is 21.7 Å². The number of hydrogen-bond donors (Lipinski definition) is 3. The molecule has 0 aliphatic carbocycles. The second-order valence-electron chi connectivity index (χ2n) is 3.33. The summed E-state index contributed by atoms with van der Waals surface area (Å²) in [6.45, 7) is 0. The van der Waals surface area contributed by atoms with Crippen molar-refractivity contribution >= 4 is 26.6 Å². The molecule has 0 heterocycles. The lowest BCUT2D eigenvalue weighted by Crippen LogP contribution is -2.04. The predicted molar refractivity (Wildman–Crippen MR) is 59.8 cm³/mol. The molecule has 5 nitrogen and oxygen atoms in total. The van der Waals surface area contributed by atoms with Gasteiger partial charge in [0.15, 0.2) is 0 Å². The summed E-state index contributed by atoms with van der Waals surface area (Å²) in [5, 5.41) is 10.1. The van der Waals surface area contributed by atoms with Gasteiger partial charge in [-0.25, -0.2) is 0 Å².